The van der Waals surface area contributed by atoms with Gasteiger partial charge < -0.3 is 5.73 Å². The highest BCUT2D eigenvalue weighted by molar-refractivity contribution is 8.15. The maximum absolute atomic E-state index is 5.55. The molecule has 1 aromatic rings. The van der Waals surface area contributed by atoms with Crippen LogP contribution in [0.5, 0.6) is 0 Å². The number of nitrogens with two attached hydrogens (primary N) is 1. The molecule has 96 valence electrons. The summed E-state index contributed by atoms with van der Waals surface area (Å²) < 4.78 is -0.0764. The number of benzene rings is 1. The van der Waals surface area contributed by atoms with Crippen LogP contribution in [0.4, 0.5) is 0 Å². The Balaban J connectivity index is 2.85. The van der Waals surface area contributed by atoms with Gasteiger partial charge in [0.15, 0.2) is 0 Å². The fourth-order valence-corrected chi connectivity index (χ4v) is 2.38. The second kappa shape index (κ2) is 6.45. The molecule has 0 saturated heterocycles. The lowest BCUT2D eigenvalue weighted by Crippen LogP contribution is -2.15. The molecule has 0 aromatic heterocycles. The van der Waals surface area contributed by atoms with Crippen molar-refractivity contribution in [3.05, 3.63) is 60.3 Å². The molecule has 0 unspecified atom stereocenters. The van der Waals surface area contributed by atoms with Crippen molar-refractivity contribution in [2.45, 2.75) is 18.6 Å². The highest BCUT2D eigenvalue weighted by atomic mass is 32.2. The van der Waals surface area contributed by atoms with Crippen LogP contribution in [0.1, 0.15) is 19.4 Å². The Bertz CT molecular complexity index is 459. The largest absolute Gasteiger partial charge is 0.399 e. The summed E-state index contributed by atoms with van der Waals surface area (Å²) in [6.07, 6.45) is 3.89. The smallest absolute Gasteiger partial charge is 0.0981 e. The molecule has 0 aliphatic rings. The van der Waals surface area contributed by atoms with Gasteiger partial charge in [0, 0.05) is 23.1 Å². The second-order valence-corrected chi connectivity index (χ2v) is 6.15. The van der Waals surface area contributed by atoms with E-state index in [0.29, 0.717) is 5.70 Å². The summed E-state index contributed by atoms with van der Waals surface area (Å²) in [6, 6.07) is 10.2. The SMILES string of the molecule is C=C(N)/C=C\C(C)(C)S/C(=N\C)c1ccccc1. The lowest BCUT2D eigenvalue weighted by molar-refractivity contribution is 0.903. The zero-order valence-corrected chi connectivity index (χ0v) is 12.0. The Kier molecular flexibility index (Phi) is 5.23. The first kappa shape index (κ1) is 14.6. The van der Waals surface area contributed by atoms with Crippen LogP contribution >= 0.6 is 11.8 Å². The number of hydrogen-bond acceptors (Lipinski definition) is 3. The third kappa shape index (κ3) is 4.80. The predicted molar refractivity (Wildman–Crippen MR) is 83.0 cm³/mol. The summed E-state index contributed by atoms with van der Waals surface area (Å²) in [4.78, 5) is 4.36. The second-order valence-electron chi connectivity index (χ2n) is 4.51. The molecule has 1 aromatic carbocycles. The standard InChI is InChI=1S/C15H20N2S/c1-12(16)10-11-15(2,3)18-14(17-4)13-8-6-5-7-9-13/h5-11H,1,16H2,2-4H3/b11-10-,17-14-. The first-order chi connectivity index (χ1) is 8.44. The highest BCUT2D eigenvalue weighted by Gasteiger charge is 2.18. The third-order valence-electron chi connectivity index (χ3n) is 2.28. The van der Waals surface area contributed by atoms with Crippen molar-refractivity contribution >= 4 is 16.8 Å². The highest BCUT2D eigenvalue weighted by Crippen LogP contribution is 2.30. The van der Waals surface area contributed by atoms with Crippen molar-refractivity contribution in [2.24, 2.45) is 10.7 Å². The summed E-state index contributed by atoms with van der Waals surface area (Å²) in [5.41, 5.74) is 7.26. The van der Waals surface area contributed by atoms with Gasteiger partial charge in [-0.15, -0.1) is 0 Å². The van der Waals surface area contributed by atoms with E-state index in [9.17, 15) is 0 Å². The molecule has 0 fully saturated rings. The average molecular weight is 260 g/mol. The Morgan fingerprint density at radius 2 is 1.94 bits per heavy atom. The van der Waals surface area contributed by atoms with E-state index in [1.54, 1.807) is 11.8 Å². The van der Waals surface area contributed by atoms with E-state index in [1.165, 1.54) is 0 Å². The van der Waals surface area contributed by atoms with Crippen LogP contribution in [0.2, 0.25) is 0 Å². The Morgan fingerprint density at radius 3 is 2.44 bits per heavy atom. The van der Waals surface area contributed by atoms with Crippen molar-refractivity contribution in [3.63, 3.8) is 0 Å². The van der Waals surface area contributed by atoms with Crippen molar-refractivity contribution in [1.29, 1.82) is 0 Å². The lowest BCUT2D eigenvalue weighted by atomic mass is 10.2. The van der Waals surface area contributed by atoms with Gasteiger partial charge in [-0.05, 0) is 19.9 Å². The monoisotopic (exact) mass is 260 g/mol. The molecule has 3 heteroatoms. The van der Waals surface area contributed by atoms with E-state index in [1.807, 2.05) is 37.4 Å². The number of aliphatic imine (C=N–C) groups is 1. The van der Waals surface area contributed by atoms with Crippen LogP contribution in [-0.2, 0) is 0 Å². The van der Waals surface area contributed by atoms with Gasteiger partial charge in [0.25, 0.3) is 0 Å². The number of rotatable bonds is 4. The summed E-state index contributed by atoms with van der Waals surface area (Å²) in [7, 11) is 1.82. The number of hydrogen-bond donors (Lipinski definition) is 1. The van der Waals surface area contributed by atoms with Crippen molar-refractivity contribution < 1.29 is 0 Å². The van der Waals surface area contributed by atoms with Crippen LogP contribution in [-0.4, -0.2) is 16.8 Å². The molecule has 0 aliphatic heterocycles. The van der Waals surface area contributed by atoms with Crippen molar-refractivity contribution in [1.82, 2.24) is 0 Å². The molecule has 0 amide bonds. The fourth-order valence-electron chi connectivity index (χ4n) is 1.41. The maximum Gasteiger partial charge on any atom is 0.0981 e. The van der Waals surface area contributed by atoms with E-state index in [4.69, 9.17) is 5.73 Å². The number of allylic oxidation sites excluding steroid dienone is 1. The van der Waals surface area contributed by atoms with Gasteiger partial charge in [0.1, 0.15) is 0 Å². The molecule has 0 radical (unpaired) electrons. The van der Waals surface area contributed by atoms with Gasteiger partial charge >= 0.3 is 0 Å². The molecule has 2 N–H and O–H groups in total. The molecule has 18 heavy (non-hydrogen) atoms. The van der Waals surface area contributed by atoms with Gasteiger partial charge in [-0.25, -0.2) is 0 Å². The molecule has 1 rings (SSSR count). The summed E-state index contributed by atoms with van der Waals surface area (Å²) in [5, 5.41) is 1.02. The number of thioether (sulfide) groups is 1. The van der Waals surface area contributed by atoms with E-state index < -0.39 is 0 Å². The van der Waals surface area contributed by atoms with Gasteiger partial charge in [-0.3, -0.25) is 4.99 Å². The first-order valence-electron chi connectivity index (χ1n) is 5.79. The number of nitrogens with zero attached hydrogens (tertiary/aromatic N) is 1. The zero-order valence-electron chi connectivity index (χ0n) is 11.2. The molecule has 0 spiro atoms. The van der Waals surface area contributed by atoms with Crippen LogP contribution in [0.25, 0.3) is 0 Å². The van der Waals surface area contributed by atoms with Crippen molar-refractivity contribution in [2.75, 3.05) is 7.05 Å². The van der Waals surface area contributed by atoms with Gasteiger partial charge in [-0.1, -0.05) is 54.7 Å². The molecule has 2 nitrogen and oxygen atoms in total. The van der Waals surface area contributed by atoms with E-state index >= 15 is 0 Å². The van der Waals surface area contributed by atoms with Gasteiger partial charge in [-0.2, -0.15) is 0 Å². The van der Waals surface area contributed by atoms with Crippen LogP contribution in [0.15, 0.2) is 59.8 Å². The summed E-state index contributed by atoms with van der Waals surface area (Å²) in [5.74, 6) is 0. The minimum absolute atomic E-state index is 0.0764. The first-order valence-corrected chi connectivity index (χ1v) is 6.61. The van der Waals surface area contributed by atoms with E-state index in [-0.39, 0.29) is 4.75 Å². The van der Waals surface area contributed by atoms with Crippen LogP contribution in [0.3, 0.4) is 0 Å². The van der Waals surface area contributed by atoms with Crippen LogP contribution < -0.4 is 5.73 Å². The Morgan fingerprint density at radius 1 is 1.33 bits per heavy atom. The van der Waals surface area contributed by atoms with Crippen LogP contribution in [0, 0.1) is 0 Å². The molecule has 0 saturated carbocycles. The molecular formula is C15H20N2S. The van der Waals surface area contributed by atoms with Gasteiger partial charge in [0.05, 0.1) is 5.04 Å². The molecule has 0 aliphatic carbocycles. The minimum atomic E-state index is -0.0764. The maximum atomic E-state index is 5.55. The topological polar surface area (TPSA) is 38.4 Å². The summed E-state index contributed by atoms with van der Waals surface area (Å²) >= 11 is 1.71. The molecular weight excluding hydrogens is 240 g/mol. The lowest BCUT2D eigenvalue weighted by Gasteiger charge is -2.20. The summed E-state index contributed by atoms with van der Waals surface area (Å²) in [6.45, 7) is 7.93. The normalized spacial score (nSPS) is 12.9. The fraction of sp³-hybridized carbons (Fsp3) is 0.267. The van der Waals surface area contributed by atoms with Crippen molar-refractivity contribution in [3.8, 4) is 0 Å². The Labute approximate surface area is 114 Å². The third-order valence-corrected chi connectivity index (χ3v) is 3.56. The molecule has 0 bridgehead atoms. The molecule has 0 heterocycles. The average Bonchev–Trinajstić information content (AvgIpc) is 2.35. The van der Waals surface area contributed by atoms with Gasteiger partial charge in [0.2, 0.25) is 0 Å². The molecule has 0 atom stereocenters. The van der Waals surface area contributed by atoms with E-state index in [0.717, 1.165) is 10.6 Å². The minimum Gasteiger partial charge on any atom is -0.399 e. The van der Waals surface area contributed by atoms with E-state index in [2.05, 4.69) is 37.6 Å². The predicted octanol–water partition coefficient (Wildman–Crippen LogP) is 3.60. The zero-order chi connectivity index (χ0) is 13.6. The Hall–Kier alpha value is -1.48. The quantitative estimate of drug-likeness (QED) is 0.510.